The lowest BCUT2D eigenvalue weighted by Crippen LogP contribution is -2.32. The number of ether oxygens (including phenoxy) is 9. The van der Waals surface area contributed by atoms with Crippen molar-refractivity contribution in [2.24, 2.45) is 11.8 Å². The molecular weight excluding hydrogens is 2480 g/mol. The molecule has 142 heavy (non-hydrogen) atoms. The summed E-state index contributed by atoms with van der Waals surface area (Å²) in [4.78, 5) is 105. The lowest BCUT2D eigenvalue weighted by molar-refractivity contribution is -0.0562. The number of anilines is 3. The predicted octanol–water partition coefficient (Wildman–Crippen LogP) is 18.3. The summed E-state index contributed by atoms with van der Waals surface area (Å²) in [5.74, 6) is 0.477. The lowest BCUT2D eigenvalue weighted by Gasteiger charge is -2.19. The van der Waals surface area contributed by atoms with E-state index in [2.05, 4.69) is 214 Å². The molecule has 0 aliphatic carbocycles. The van der Waals surface area contributed by atoms with E-state index >= 15 is 0 Å². The van der Waals surface area contributed by atoms with E-state index in [9.17, 15) is 29.4 Å². The Bertz CT molecular complexity index is 6880. The molecule has 0 spiro atoms. The molecule has 5 aliphatic rings. The summed E-state index contributed by atoms with van der Waals surface area (Å²) in [5.41, 5.74) is 27.6. The van der Waals surface area contributed by atoms with Crippen molar-refractivity contribution in [3.63, 3.8) is 0 Å². The molecule has 16 aromatic rings. The maximum Gasteiger partial charge on any atom is 0.338 e. The van der Waals surface area contributed by atoms with Gasteiger partial charge < -0.3 is 103 Å². The van der Waals surface area contributed by atoms with Crippen molar-refractivity contribution in [1.29, 1.82) is 0 Å². The minimum atomic E-state index is -0.679. The smallest absolute Gasteiger partial charge is 0.338 e. The number of aromatic amines is 2. The van der Waals surface area contributed by atoms with Crippen molar-refractivity contribution < 1.29 is 77.1 Å². The minimum absolute atomic E-state index is 0.0399. The van der Waals surface area contributed by atoms with Crippen molar-refractivity contribution in [3.05, 3.63) is 256 Å². The Hall–Kier alpha value is -9.63. The Labute approximate surface area is 901 Å². The lowest BCUT2D eigenvalue weighted by atomic mass is 10.0. The highest BCUT2D eigenvalue weighted by Gasteiger charge is 2.43. The first-order valence-electron chi connectivity index (χ1n) is 44.6. The molecule has 0 bridgehead atoms. The third kappa shape index (κ3) is 25.4. The number of carbonyl (C=O) groups is 4. The van der Waals surface area contributed by atoms with Gasteiger partial charge in [-0.15, -0.1) is 0 Å². The summed E-state index contributed by atoms with van der Waals surface area (Å²) in [5, 5.41) is 34.6. The van der Waals surface area contributed by atoms with E-state index in [0.29, 0.717) is 104 Å². The van der Waals surface area contributed by atoms with Gasteiger partial charge in [-0.05, 0) is 226 Å². The van der Waals surface area contributed by atoms with Crippen LogP contribution in [0.5, 0.6) is 0 Å². The van der Waals surface area contributed by atoms with Crippen molar-refractivity contribution in [2.45, 2.75) is 166 Å². The third-order valence-corrected chi connectivity index (χ3v) is 29.3. The zero-order valence-corrected chi connectivity index (χ0v) is 90.7. The molecule has 4 aromatic carbocycles. The van der Waals surface area contributed by atoms with Gasteiger partial charge in [0.15, 0.2) is 0 Å². The van der Waals surface area contributed by atoms with Crippen molar-refractivity contribution in [3.8, 4) is 0 Å². The molecule has 5 saturated heterocycles. The van der Waals surface area contributed by atoms with E-state index in [1.807, 2.05) is 121 Å². The minimum Gasteiger partial charge on any atom is -0.459 e. The van der Waals surface area contributed by atoms with Crippen LogP contribution >= 0.6 is 159 Å². The first-order valence-corrected chi connectivity index (χ1v) is 51.6. The fraction of sp³-hybridized carbons (Fsp3) is 0.333. The molecule has 46 heteroatoms. The van der Waals surface area contributed by atoms with Gasteiger partial charge in [0.25, 0.3) is 0 Å². The molecule has 37 nitrogen and oxygen atoms in total. The van der Waals surface area contributed by atoms with E-state index in [0.717, 1.165) is 114 Å². The molecule has 5 fully saturated rings. The number of halogens is 9. The number of hydrogen-bond donors (Lipinski definition) is 8. The Balaban J connectivity index is 0.000000130. The molecule has 15 atom stereocenters. The number of hydrogen-bond acceptors (Lipinski definition) is 31. The number of fused-ring (bicyclic) bond motifs is 6. The highest BCUT2D eigenvalue weighted by molar-refractivity contribution is 14.1. The number of aliphatic hydroxyl groups excluding tert-OH is 3. The second-order valence-corrected chi connectivity index (χ2v) is 41.2. The number of carbonyl (C=O) groups excluding carboxylic acids is 4. The van der Waals surface area contributed by atoms with Gasteiger partial charge in [-0.2, -0.15) is 0 Å². The summed E-state index contributed by atoms with van der Waals surface area (Å²) in [6, 6.07) is 30.3. The normalized spacial score (nSPS) is 21.6. The van der Waals surface area contributed by atoms with Gasteiger partial charge in [0, 0.05) is 74.3 Å². The summed E-state index contributed by atoms with van der Waals surface area (Å²) < 4.78 is 64.4. The van der Waals surface area contributed by atoms with E-state index < -0.39 is 72.3 Å². The molecular formula is C96H96Cl4I5N21O16. The van der Waals surface area contributed by atoms with E-state index in [-0.39, 0.29) is 51.2 Å². The van der Waals surface area contributed by atoms with E-state index in [4.69, 9.17) is 111 Å². The average molecular weight is 2580 g/mol. The number of nitrogens with zero attached hydrogens (tertiary/aromatic N) is 16. The van der Waals surface area contributed by atoms with Gasteiger partial charge in [0.2, 0.25) is 0 Å². The number of H-pyrrole nitrogens is 2. The van der Waals surface area contributed by atoms with Crippen molar-refractivity contribution in [1.82, 2.24) is 88.0 Å². The van der Waals surface area contributed by atoms with Crippen LogP contribution in [0.2, 0.25) is 15.5 Å². The molecule has 0 amide bonds. The number of aromatic nitrogens is 18. The first kappa shape index (κ1) is 107. The second kappa shape index (κ2) is 48.6. The number of nitrogen functional groups attached to an aromatic ring is 3. The summed E-state index contributed by atoms with van der Waals surface area (Å²) in [7, 11) is 0. The van der Waals surface area contributed by atoms with Crippen LogP contribution in [-0.2, 0) is 42.6 Å². The van der Waals surface area contributed by atoms with Crippen LogP contribution in [-0.4, -0.2) is 208 Å². The van der Waals surface area contributed by atoms with Gasteiger partial charge >= 0.3 is 23.9 Å². The Morgan fingerprint density at radius 1 is 0.408 bits per heavy atom. The van der Waals surface area contributed by atoms with Gasteiger partial charge in [-0.25, -0.2) is 79.0 Å². The molecule has 744 valence electrons. The number of aryl methyl sites for hydroxylation is 4. The SMILES string of the molecule is CC[C@H]1O[C@@H](n2cc(I)c3c(N)ncnc32)C[C@@H]1C.C[C@H]1C[C@H](n2cc(I)c3c(N)ncnc32)O[C@@H]1CO.Cc1ccc(C(=O)OC[C@H]2O[C@H](Cl)C[C@@H]2OC(=O)c2ccc(C)cc2)cc1.Cc1ccc(C(=O)OC[C@H]2O[C@H](n3cc(I)c4c(Cl)ncnc43)C[C@@H]2OC(=O)c2ccc(C)cc2)cc1.Clc1ncnc2[nH]cc(I)c12.Clc1ncnc2[nH]ccc12.Nc1ncnc2c1c(I)cn2[C@H]1C[C@H](O)[C@@H](CO)O1. The van der Waals surface area contributed by atoms with Crippen LogP contribution in [0.25, 0.3) is 66.2 Å². The third-order valence-electron chi connectivity index (χ3n) is 24.0. The zero-order valence-electron chi connectivity index (χ0n) is 76.9. The topological polar surface area (TPSA) is 496 Å². The maximum absolute atomic E-state index is 12.9. The fourth-order valence-electron chi connectivity index (χ4n) is 16.4. The molecule has 0 radical (unpaired) electrons. The van der Waals surface area contributed by atoms with Crippen LogP contribution in [0, 0.1) is 57.4 Å². The quantitative estimate of drug-likeness (QED) is 0.0138. The molecule has 17 heterocycles. The van der Waals surface area contributed by atoms with Gasteiger partial charge in [0.05, 0.1) is 86.1 Å². The van der Waals surface area contributed by atoms with Crippen LogP contribution in [0.15, 0.2) is 178 Å². The molecule has 0 saturated carbocycles. The Morgan fingerprint density at radius 3 is 1.18 bits per heavy atom. The highest BCUT2D eigenvalue weighted by Crippen LogP contribution is 2.43. The number of aliphatic hydroxyl groups is 3. The van der Waals surface area contributed by atoms with Crippen molar-refractivity contribution >= 4 is 267 Å². The summed E-state index contributed by atoms with van der Waals surface area (Å²) in [6.45, 7) is 14.0. The van der Waals surface area contributed by atoms with Gasteiger partial charge in [-0.3, -0.25) is 0 Å². The largest absolute Gasteiger partial charge is 0.459 e. The molecule has 11 N–H and O–H groups in total. The number of nitrogens with two attached hydrogens (primary N) is 3. The molecule has 12 aromatic heterocycles. The summed E-state index contributed by atoms with van der Waals surface area (Å²) >= 11 is 34.9. The number of nitrogens with one attached hydrogen (secondary N) is 2. The Morgan fingerprint density at radius 2 is 0.761 bits per heavy atom. The molecule has 0 unspecified atom stereocenters. The van der Waals surface area contributed by atoms with Crippen molar-refractivity contribution in [2.75, 3.05) is 43.6 Å². The predicted molar refractivity (Wildman–Crippen MR) is 575 cm³/mol. The van der Waals surface area contributed by atoms with E-state index in [1.54, 1.807) is 54.7 Å². The fourth-order valence-corrected chi connectivity index (χ4v) is 21.6. The molecule has 5 aliphatic heterocycles. The zero-order chi connectivity index (χ0) is 101. The summed E-state index contributed by atoms with van der Waals surface area (Å²) in [6.07, 6.45) is 19.6. The van der Waals surface area contributed by atoms with Gasteiger partial charge in [-0.1, -0.05) is 138 Å². The number of rotatable bonds is 17. The van der Waals surface area contributed by atoms with Crippen LogP contribution in [0.1, 0.15) is 148 Å². The second-order valence-electron chi connectivity index (χ2n) is 33.8. The number of benzene rings is 4. The number of esters is 4. The van der Waals surface area contributed by atoms with Crippen LogP contribution in [0.3, 0.4) is 0 Å². The highest BCUT2D eigenvalue weighted by atomic mass is 127. The average Bonchev–Trinajstić information content (AvgIpc) is 1.63. The molecule has 21 rings (SSSR count). The van der Waals surface area contributed by atoms with Crippen LogP contribution < -0.4 is 17.2 Å². The number of alkyl halides is 1. The van der Waals surface area contributed by atoms with Gasteiger partial charge in [0.1, 0.15) is 179 Å². The first-order chi connectivity index (χ1) is 68.2. The standard InChI is InChI=1S/C27H23ClIN3O5.C21H21ClO5.C13H17IN4O.C12H15IN4O2.C11H13IN4O3.C6H3ClIN3.C6H4ClN3/c1-15-3-7-17(8-4-15)26(33)35-13-21-20(37-27(34)18-9-5-16(2)6-10-18)11-22(36-21)32-12-19(29)23-24(28)30-14-31-25(23)32;1-13-3-7-15(8-4-13)20(23)25-12-18-17(11-19(22)26-18)27-21(24)16-9-5-14(2)6-10-16;1-3-9-7(2)4-10(19-9)18-5-8(14)11-12(15)16-6-17-13(11)18;1-6-2-9(19-8(6)4-18)17-3-7(13)10-11(14)15-5-16-12(10)17;12-5-2-16(8-1-6(18)7(3-17)19-8)11-9(5)10(13)14-4-15-11;7-5-4-3(8)1-9-6(4)11-2-10-5;7-5-4-1-2-8-6(4)10-3-9-5/h3-10,12,14,20-22H,11,13H2,1-2H3;3-10,17-19H,11-12H2,1-2H3;5-7,9-10H,3-4H2,1-2H3,(H2,15,16,17);3,5-6,8-9,18H,2,4H2,1H3,(H2,14,15,16);2,4,6-8,17-18H,1,3H2,(H2,13,14,15);1-2H,(H,9,10,11);1-3H,(H,8,9,10)/t20-,21+,22-;17-,18+,19-;7-,9+,10+;6-,8+,9+;6-,7+,8+;;/m00000../s1. The maximum atomic E-state index is 12.9. The van der Waals surface area contributed by atoms with Crippen LogP contribution in [0.4, 0.5) is 17.5 Å². The monoisotopic (exact) mass is 2570 g/mol. The van der Waals surface area contributed by atoms with E-state index in [1.165, 1.54) is 38.0 Å². The Kier molecular flexibility index (Phi) is 36.5.